The van der Waals surface area contributed by atoms with Gasteiger partial charge < -0.3 is 24.7 Å². The number of carbonyl (C=O) groups excluding carboxylic acids is 2. The smallest absolute Gasteiger partial charge is 0.410 e. The molecule has 2 saturated heterocycles. The third kappa shape index (κ3) is 7.34. The molecule has 0 saturated carbocycles. The molecule has 39 heavy (non-hydrogen) atoms. The minimum absolute atomic E-state index is 0.132. The molecule has 214 valence electrons. The van der Waals surface area contributed by atoms with E-state index in [1.807, 2.05) is 69.3 Å². The van der Waals surface area contributed by atoms with Gasteiger partial charge >= 0.3 is 6.09 Å². The minimum atomic E-state index is -0.981. The number of benzene rings is 1. The zero-order valence-corrected chi connectivity index (χ0v) is 24.3. The maximum atomic E-state index is 13.5. The summed E-state index contributed by atoms with van der Waals surface area (Å²) in [4.78, 5) is 36.6. The monoisotopic (exact) mass is 559 g/mol. The van der Waals surface area contributed by atoms with Crippen molar-refractivity contribution in [2.24, 2.45) is 0 Å². The summed E-state index contributed by atoms with van der Waals surface area (Å²) in [6, 6.07) is 7.15. The number of nitrogens with zero attached hydrogens (tertiary/aromatic N) is 4. The highest BCUT2D eigenvalue weighted by Gasteiger charge is 2.41. The molecule has 1 aromatic carbocycles. The highest BCUT2D eigenvalue weighted by atomic mass is 32.1. The first-order valence-corrected chi connectivity index (χ1v) is 14.4. The summed E-state index contributed by atoms with van der Waals surface area (Å²) in [6.45, 7) is 12.0. The predicted molar refractivity (Wildman–Crippen MR) is 150 cm³/mol. The number of aromatic nitrogens is 1. The van der Waals surface area contributed by atoms with Gasteiger partial charge in [0.1, 0.15) is 11.8 Å². The van der Waals surface area contributed by atoms with E-state index in [2.05, 4.69) is 10.3 Å². The van der Waals surface area contributed by atoms with E-state index in [0.717, 1.165) is 21.7 Å². The highest BCUT2D eigenvalue weighted by Crippen LogP contribution is 2.27. The van der Waals surface area contributed by atoms with Gasteiger partial charge in [0, 0.05) is 39.3 Å². The number of likely N-dealkylation sites (tertiary alicyclic amines) is 1. The number of thiazole rings is 1. The molecular weight excluding hydrogens is 518 g/mol. The molecular formula is C28H41N5O5S. The van der Waals surface area contributed by atoms with E-state index in [0.29, 0.717) is 39.1 Å². The van der Waals surface area contributed by atoms with Gasteiger partial charge in [-0.25, -0.2) is 9.78 Å². The summed E-state index contributed by atoms with van der Waals surface area (Å²) in [5, 5.41) is 24.5. The number of nitrogens with one attached hydrogen (secondary N) is 1. The number of hydrogen-bond acceptors (Lipinski definition) is 9. The Hall–Kier alpha value is -2.57. The van der Waals surface area contributed by atoms with Gasteiger partial charge in [-0.2, -0.15) is 0 Å². The van der Waals surface area contributed by atoms with E-state index in [9.17, 15) is 19.8 Å². The first-order valence-electron chi connectivity index (χ1n) is 13.5. The Morgan fingerprint density at radius 3 is 2.44 bits per heavy atom. The zero-order valence-electron chi connectivity index (χ0n) is 23.5. The van der Waals surface area contributed by atoms with Crippen LogP contribution in [-0.2, 0) is 16.1 Å². The van der Waals surface area contributed by atoms with Crippen LogP contribution >= 0.6 is 11.3 Å². The average Bonchev–Trinajstić information content (AvgIpc) is 3.51. The van der Waals surface area contributed by atoms with Gasteiger partial charge in [0.05, 0.1) is 34.3 Å². The Labute approximate surface area is 234 Å². The molecule has 0 radical (unpaired) electrons. The van der Waals surface area contributed by atoms with E-state index in [-0.39, 0.29) is 18.5 Å². The molecule has 1 aromatic heterocycles. The quantitative estimate of drug-likeness (QED) is 0.443. The number of aryl methyl sites for hydroxylation is 1. The first kappa shape index (κ1) is 29.4. The van der Waals surface area contributed by atoms with Gasteiger partial charge in [-0.05, 0) is 52.2 Å². The van der Waals surface area contributed by atoms with Crippen molar-refractivity contribution in [2.75, 3.05) is 32.7 Å². The lowest BCUT2D eigenvalue weighted by molar-refractivity contribution is -0.140. The van der Waals surface area contributed by atoms with E-state index >= 15 is 0 Å². The molecule has 3 N–H and O–H groups in total. The molecule has 0 spiro atoms. The van der Waals surface area contributed by atoms with Crippen LogP contribution in [-0.4, -0.2) is 105 Å². The number of β-amino-alcohol motifs (C(OH)–C–C–N with tert-alkyl or cyclic N) is 1. The second-order valence-electron chi connectivity index (χ2n) is 11.4. The summed E-state index contributed by atoms with van der Waals surface area (Å²) < 4.78 is 5.46. The number of aliphatic hydroxyl groups excluding tert-OH is 2. The second-order valence-corrected chi connectivity index (χ2v) is 12.3. The van der Waals surface area contributed by atoms with Crippen molar-refractivity contribution >= 4 is 23.3 Å². The maximum Gasteiger partial charge on any atom is 0.410 e. The van der Waals surface area contributed by atoms with Crippen molar-refractivity contribution in [1.29, 1.82) is 0 Å². The standard InChI is InChI=1S/C28H41N5O5S/c1-18-24(39-17-30-18)21-8-6-20(7-9-21)15-29-25(35)23-14-22(34)16-33(23)26(36)19(2)31-10-12-32(13-11-31)27(37)38-28(3,4)5/h6-9,17,19,22-23,25,29,34-35H,10-16H2,1-5H3/t19-,22-,23?,25+/m1/s1. The number of piperazine rings is 1. The summed E-state index contributed by atoms with van der Waals surface area (Å²) >= 11 is 1.61. The number of amides is 2. The highest BCUT2D eigenvalue weighted by molar-refractivity contribution is 7.13. The predicted octanol–water partition coefficient (Wildman–Crippen LogP) is 2.43. The van der Waals surface area contributed by atoms with Crippen molar-refractivity contribution in [3.05, 3.63) is 41.0 Å². The Morgan fingerprint density at radius 1 is 1.18 bits per heavy atom. The molecule has 2 amide bonds. The Kier molecular flexibility index (Phi) is 9.28. The van der Waals surface area contributed by atoms with Gasteiger partial charge in [0.15, 0.2) is 0 Å². The molecule has 2 fully saturated rings. The van der Waals surface area contributed by atoms with Gasteiger partial charge in [0.2, 0.25) is 5.91 Å². The number of carbonyl (C=O) groups is 2. The first-order chi connectivity index (χ1) is 18.4. The van der Waals surface area contributed by atoms with Crippen molar-refractivity contribution in [1.82, 2.24) is 25.0 Å². The minimum Gasteiger partial charge on any atom is -0.444 e. The summed E-state index contributed by atoms with van der Waals surface area (Å²) in [5.74, 6) is -0.132. The molecule has 11 heteroatoms. The van der Waals surface area contributed by atoms with Crippen LogP contribution in [0.25, 0.3) is 10.4 Å². The fourth-order valence-corrected chi connectivity index (χ4v) is 5.93. The van der Waals surface area contributed by atoms with Crippen LogP contribution in [0.1, 0.15) is 45.4 Å². The summed E-state index contributed by atoms with van der Waals surface area (Å²) in [5.41, 5.74) is 4.40. The van der Waals surface area contributed by atoms with Crippen molar-refractivity contribution in [2.45, 2.75) is 77.6 Å². The number of aliphatic hydroxyl groups is 2. The van der Waals surface area contributed by atoms with Gasteiger partial charge in [0.25, 0.3) is 0 Å². The lowest BCUT2D eigenvalue weighted by atomic mass is 10.1. The molecule has 1 unspecified atom stereocenters. The Bertz CT molecular complexity index is 1130. The number of hydrogen-bond donors (Lipinski definition) is 3. The van der Waals surface area contributed by atoms with Crippen LogP contribution in [0, 0.1) is 6.92 Å². The second kappa shape index (κ2) is 12.3. The van der Waals surface area contributed by atoms with Gasteiger partial charge in [-0.15, -0.1) is 11.3 Å². The molecule has 4 rings (SSSR count). The molecule has 2 aliphatic rings. The van der Waals surface area contributed by atoms with E-state index in [4.69, 9.17) is 4.74 Å². The fraction of sp³-hybridized carbons (Fsp3) is 0.607. The normalized spacial score (nSPS) is 22.1. The number of rotatable bonds is 7. The molecule has 4 atom stereocenters. The van der Waals surface area contributed by atoms with Crippen molar-refractivity contribution < 1.29 is 24.5 Å². The average molecular weight is 560 g/mol. The fourth-order valence-electron chi connectivity index (χ4n) is 5.12. The topological polar surface area (TPSA) is 118 Å². The largest absolute Gasteiger partial charge is 0.444 e. The third-order valence-corrected chi connectivity index (χ3v) is 8.29. The maximum absolute atomic E-state index is 13.5. The van der Waals surface area contributed by atoms with Crippen molar-refractivity contribution in [3.63, 3.8) is 0 Å². The Morgan fingerprint density at radius 2 is 1.85 bits per heavy atom. The lowest BCUT2D eigenvalue weighted by Gasteiger charge is -2.40. The van der Waals surface area contributed by atoms with Crippen molar-refractivity contribution in [3.8, 4) is 10.4 Å². The SMILES string of the molecule is Cc1ncsc1-c1ccc(CN[C@@H](O)C2C[C@@H](O)CN2C(=O)[C@@H](C)N2CCN(C(=O)OC(C)(C)C)CC2)cc1. The van der Waals surface area contributed by atoms with Crippen LogP contribution in [0.3, 0.4) is 0 Å². The van der Waals surface area contributed by atoms with E-state index < -0.39 is 30.0 Å². The molecule has 0 bridgehead atoms. The molecule has 0 aliphatic carbocycles. The molecule has 2 aliphatic heterocycles. The molecule has 2 aromatic rings. The number of ether oxygens (including phenoxy) is 1. The molecule has 3 heterocycles. The summed E-state index contributed by atoms with van der Waals surface area (Å²) in [6.07, 6.45) is -1.70. The Balaban J connectivity index is 1.30. The van der Waals surface area contributed by atoms with Crippen LogP contribution in [0.15, 0.2) is 29.8 Å². The van der Waals surface area contributed by atoms with Crippen LogP contribution in [0.2, 0.25) is 0 Å². The van der Waals surface area contributed by atoms with Crippen LogP contribution in [0.4, 0.5) is 4.79 Å². The van der Waals surface area contributed by atoms with E-state index in [1.165, 1.54) is 0 Å². The van der Waals surface area contributed by atoms with Gasteiger partial charge in [-0.3, -0.25) is 15.0 Å². The van der Waals surface area contributed by atoms with Crippen LogP contribution < -0.4 is 5.32 Å². The van der Waals surface area contributed by atoms with Crippen LogP contribution in [0.5, 0.6) is 0 Å². The lowest BCUT2D eigenvalue weighted by Crippen LogP contribution is -2.58. The van der Waals surface area contributed by atoms with Gasteiger partial charge in [-0.1, -0.05) is 24.3 Å². The molecule has 10 nitrogen and oxygen atoms in total. The summed E-state index contributed by atoms with van der Waals surface area (Å²) in [7, 11) is 0. The van der Waals surface area contributed by atoms with E-state index in [1.54, 1.807) is 21.1 Å². The third-order valence-electron chi connectivity index (χ3n) is 7.32. The zero-order chi connectivity index (χ0) is 28.3.